The third-order valence-corrected chi connectivity index (χ3v) is 4.50. The average Bonchev–Trinajstić information content (AvgIpc) is 2.73. The molecule has 0 unspecified atom stereocenters. The van der Waals surface area contributed by atoms with Gasteiger partial charge in [-0.05, 0) is 53.0 Å². The lowest BCUT2D eigenvalue weighted by atomic mass is 10.2. The van der Waals surface area contributed by atoms with E-state index in [1.54, 1.807) is 11.3 Å². The molecule has 1 rings (SSSR count). The van der Waals surface area contributed by atoms with Crippen LogP contribution in [0.2, 0.25) is 0 Å². The van der Waals surface area contributed by atoms with Gasteiger partial charge < -0.3 is 10.2 Å². The van der Waals surface area contributed by atoms with Crippen LogP contribution in [-0.4, -0.2) is 31.6 Å². The smallest absolute Gasteiger partial charge is 0.0701 e. The summed E-state index contributed by atoms with van der Waals surface area (Å²) in [6, 6.07) is 2.21. The maximum absolute atomic E-state index is 3.52. The van der Waals surface area contributed by atoms with E-state index in [-0.39, 0.29) is 0 Å². The zero-order valence-corrected chi connectivity index (χ0v) is 13.9. The third-order valence-electron chi connectivity index (χ3n) is 2.95. The standard InChI is InChI=1S/C14H25BrN2S/c1-3-4-5-6-7-16-8-9-17(2)11-13-10-14(15)18-12-13/h10,12,16H,3-9,11H2,1-2H3. The number of unbranched alkanes of at least 4 members (excludes halogenated alkanes) is 3. The molecule has 0 saturated heterocycles. The van der Waals surface area contributed by atoms with E-state index in [4.69, 9.17) is 0 Å². The fraction of sp³-hybridized carbons (Fsp3) is 0.714. The molecule has 1 aromatic rings. The van der Waals surface area contributed by atoms with E-state index in [0.29, 0.717) is 0 Å². The monoisotopic (exact) mass is 332 g/mol. The Morgan fingerprint density at radius 2 is 2.11 bits per heavy atom. The summed E-state index contributed by atoms with van der Waals surface area (Å²) >= 11 is 5.26. The van der Waals surface area contributed by atoms with E-state index in [9.17, 15) is 0 Å². The van der Waals surface area contributed by atoms with Crippen LogP contribution >= 0.6 is 27.3 Å². The summed E-state index contributed by atoms with van der Waals surface area (Å²) in [5.74, 6) is 0. The molecule has 1 N–H and O–H groups in total. The highest BCUT2D eigenvalue weighted by molar-refractivity contribution is 9.11. The van der Waals surface area contributed by atoms with Gasteiger partial charge in [-0.25, -0.2) is 0 Å². The van der Waals surface area contributed by atoms with Crippen LogP contribution in [-0.2, 0) is 6.54 Å². The number of thiophene rings is 1. The van der Waals surface area contributed by atoms with Crippen molar-refractivity contribution >= 4 is 27.3 Å². The molecule has 0 spiro atoms. The van der Waals surface area contributed by atoms with Gasteiger partial charge in [-0.3, -0.25) is 0 Å². The van der Waals surface area contributed by atoms with Crippen molar-refractivity contribution in [2.24, 2.45) is 0 Å². The third kappa shape index (κ3) is 7.52. The van der Waals surface area contributed by atoms with Crippen LogP contribution in [0.3, 0.4) is 0 Å². The lowest BCUT2D eigenvalue weighted by Gasteiger charge is -2.16. The number of hydrogen-bond donors (Lipinski definition) is 1. The van der Waals surface area contributed by atoms with Gasteiger partial charge in [-0.1, -0.05) is 26.2 Å². The Morgan fingerprint density at radius 1 is 1.28 bits per heavy atom. The van der Waals surface area contributed by atoms with Crippen LogP contribution in [0.15, 0.2) is 15.2 Å². The first-order valence-corrected chi connectivity index (χ1v) is 8.51. The Bertz CT molecular complexity index is 314. The van der Waals surface area contributed by atoms with Gasteiger partial charge in [-0.15, -0.1) is 11.3 Å². The highest BCUT2D eigenvalue weighted by Gasteiger charge is 2.02. The van der Waals surface area contributed by atoms with Gasteiger partial charge in [0.25, 0.3) is 0 Å². The molecular formula is C14H25BrN2S. The van der Waals surface area contributed by atoms with E-state index in [2.05, 4.69) is 51.6 Å². The van der Waals surface area contributed by atoms with Crippen molar-refractivity contribution in [3.8, 4) is 0 Å². The summed E-state index contributed by atoms with van der Waals surface area (Å²) in [5, 5.41) is 5.74. The maximum Gasteiger partial charge on any atom is 0.0701 e. The van der Waals surface area contributed by atoms with Crippen molar-refractivity contribution < 1.29 is 0 Å². The molecule has 0 aliphatic rings. The van der Waals surface area contributed by atoms with Gasteiger partial charge in [-0.2, -0.15) is 0 Å². The molecule has 0 saturated carbocycles. The molecule has 0 aliphatic carbocycles. The van der Waals surface area contributed by atoms with E-state index in [1.165, 1.54) is 35.0 Å². The van der Waals surface area contributed by atoms with Crippen molar-refractivity contribution in [3.05, 3.63) is 20.8 Å². The molecule has 0 aliphatic heterocycles. The topological polar surface area (TPSA) is 15.3 Å². The Balaban J connectivity index is 1.98. The zero-order valence-electron chi connectivity index (χ0n) is 11.5. The first kappa shape index (κ1) is 16.2. The van der Waals surface area contributed by atoms with Crippen molar-refractivity contribution in [2.75, 3.05) is 26.7 Å². The number of likely N-dealkylation sites (N-methyl/N-ethyl adjacent to an activating group) is 1. The summed E-state index contributed by atoms with van der Waals surface area (Å²) in [5.41, 5.74) is 1.40. The van der Waals surface area contributed by atoms with Crippen molar-refractivity contribution in [1.82, 2.24) is 10.2 Å². The lowest BCUT2D eigenvalue weighted by Crippen LogP contribution is -2.29. The summed E-state index contributed by atoms with van der Waals surface area (Å²) < 4.78 is 1.22. The van der Waals surface area contributed by atoms with Crippen molar-refractivity contribution in [1.29, 1.82) is 0 Å². The van der Waals surface area contributed by atoms with Gasteiger partial charge in [0.15, 0.2) is 0 Å². The van der Waals surface area contributed by atoms with E-state index in [0.717, 1.165) is 26.2 Å². The fourth-order valence-corrected chi connectivity index (χ4v) is 3.09. The van der Waals surface area contributed by atoms with Crippen LogP contribution in [0.5, 0.6) is 0 Å². The molecule has 2 nitrogen and oxygen atoms in total. The predicted octanol–water partition coefficient (Wildman–Crippen LogP) is 4.11. The van der Waals surface area contributed by atoms with Crippen LogP contribution in [0.25, 0.3) is 0 Å². The summed E-state index contributed by atoms with van der Waals surface area (Å²) in [7, 11) is 2.18. The molecular weight excluding hydrogens is 308 g/mol. The zero-order chi connectivity index (χ0) is 13.2. The molecule has 18 heavy (non-hydrogen) atoms. The van der Waals surface area contributed by atoms with Gasteiger partial charge in [0.2, 0.25) is 0 Å². The summed E-state index contributed by atoms with van der Waals surface area (Å²) in [4.78, 5) is 2.37. The molecule has 1 aromatic heterocycles. The first-order valence-electron chi connectivity index (χ1n) is 6.84. The lowest BCUT2D eigenvalue weighted by molar-refractivity contribution is 0.324. The van der Waals surface area contributed by atoms with Gasteiger partial charge in [0.1, 0.15) is 0 Å². The number of nitrogens with one attached hydrogen (secondary N) is 1. The second-order valence-electron chi connectivity index (χ2n) is 4.81. The van der Waals surface area contributed by atoms with Crippen LogP contribution in [0.4, 0.5) is 0 Å². The molecule has 0 atom stereocenters. The van der Waals surface area contributed by atoms with E-state index >= 15 is 0 Å². The molecule has 0 aromatic carbocycles. The van der Waals surface area contributed by atoms with Crippen molar-refractivity contribution in [2.45, 2.75) is 39.2 Å². The molecule has 4 heteroatoms. The van der Waals surface area contributed by atoms with Crippen molar-refractivity contribution in [3.63, 3.8) is 0 Å². The summed E-state index contributed by atoms with van der Waals surface area (Å²) in [6.07, 6.45) is 5.37. The largest absolute Gasteiger partial charge is 0.315 e. The minimum atomic E-state index is 1.04. The van der Waals surface area contributed by atoms with Crippen LogP contribution in [0.1, 0.15) is 38.2 Å². The molecule has 1 heterocycles. The van der Waals surface area contributed by atoms with E-state index in [1.807, 2.05) is 0 Å². The SMILES string of the molecule is CCCCCCNCCN(C)Cc1csc(Br)c1. The highest BCUT2D eigenvalue weighted by atomic mass is 79.9. The Morgan fingerprint density at radius 3 is 2.78 bits per heavy atom. The molecule has 104 valence electrons. The Hall–Kier alpha value is 0.100. The average molecular weight is 333 g/mol. The number of nitrogens with zero attached hydrogens (tertiary/aromatic N) is 1. The first-order chi connectivity index (χ1) is 8.72. The minimum absolute atomic E-state index is 1.04. The molecule has 0 amide bonds. The molecule has 0 bridgehead atoms. The van der Waals surface area contributed by atoms with Gasteiger partial charge in [0, 0.05) is 19.6 Å². The Labute approximate surface area is 124 Å². The molecule has 0 radical (unpaired) electrons. The predicted molar refractivity (Wildman–Crippen MR) is 85.4 cm³/mol. The number of halogens is 1. The van der Waals surface area contributed by atoms with Gasteiger partial charge in [0.05, 0.1) is 3.79 Å². The maximum atomic E-state index is 3.52. The highest BCUT2D eigenvalue weighted by Crippen LogP contribution is 2.21. The second-order valence-corrected chi connectivity index (χ2v) is 7.10. The number of rotatable bonds is 10. The van der Waals surface area contributed by atoms with Crippen LogP contribution in [0, 0.1) is 0 Å². The van der Waals surface area contributed by atoms with E-state index < -0.39 is 0 Å². The summed E-state index contributed by atoms with van der Waals surface area (Å²) in [6.45, 7) is 6.66. The second kappa shape index (κ2) is 9.96. The quantitative estimate of drug-likeness (QED) is 0.648. The van der Waals surface area contributed by atoms with Crippen LogP contribution < -0.4 is 5.32 Å². The normalized spacial score (nSPS) is 11.3. The molecule has 0 fully saturated rings. The Kier molecular flexibility index (Phi) is 8.94. The number of hydrogen-bond acceptors (Lipinski definition) is 3. The van der Waals surface area contributed by atoms with Gasteiger partial charge >= 0.3 is 0 Å². The minimum Gasteiger partial charge on any atom is -0.315 e. The fourth-order valence-electron chi connectivity index (χ4n) is 1.89.